The first kappa shape index (κ1) is 31.5. The average molecular weight is 685 g/mol. The fraction of sp³-hybridized carbons (Fsp3) is 0.375. The number of thiophene rings is 1. The molecule has 1 spiro atoms. The summed E-state index contributed by atoms with van der Waals surface area (Å²) in [6.45, 7) is 8.48. The molecule has 2 atom stereocenters. The molecule has 15 heteroatoms. The molecule has 0 saturated carbocycles. The van der Waals surface area contributed by atoms with E-state index in [1.807, 2.05) is 19.9 Å². The second-order valence-corrected chi connectivity index (χ2v) is 14.5. The number of nitrogen functional groups attached to an aromatic ring is 1. The first-order chi connectivity index (χ1) is 22.3. The number of amides is 1. The molecule has 2 fully saturated rings. The Morgan fingerprint density at radius 1 is 1.26 bits per heavy atom. The fourth-order valence-corrected chi connectivity index (χ4v) is 9.51. The Labute approximate surface area is 274 Å². The van der Waals surface area contributed by atoms with Crippen LogP contribution in [-0.4, -0.2) is 64.5 Å². The van der Waals surface area contributed by atoms with Gasteiger partial charge in [-0.15, -0.1) is 23.1 Å². The molecule has 0 radical (unpaired) electrons. The van der Waals surface area contributed by atoms with Crippen LogP contribution in [0.15, 0.2) is 40.5 Å². The van der Waals surface area contributed by atoms with Gasteiger partial charge in [-0.1, -0.05) is 12.6 Å². The number of nitrogens with zero attached hydrogens (tertiary/aromatic N) is 5. The minimum atomic E-state index is -4.90. The number of anilines is 2. The van der Waals surface area contributed by atoms with Crippen molar-refractivity contribution in [2.45, 2.75) is 43.5 Å². The number of nitrogens with two attached hydrogens (primary N) is 1. The van der Waals surface area contributed by atoms with Crippen molar-refractivity contribution in [3.05, 3.63) is 58.3 Å². The number of hydrogen-bond acceptors (Lipinski definition) is 9. The maximum atomic E-state index is 15.3. The quantitative estimate of drug-likeness (QED) is 0.218. The Bertz CT molecular complexity index is 2100. The zero-order valence-electron chi connectivity index (χ0n) is 25.3. The fourth-order valence-electron chi connectivity index (χ4n) is 7.13. The highest BCUT2D eigenvalue weighted by Gasteiger charge is 2.45. The molecular formula is C32H28F4N6O3S2. The number of hydrogen-bond donors (Lipinski definition) is 1. The van der Waals surface area contributed by atoms with Crippen LogP contribution in [0.3, 0.4) is 0 Å². The Morgan fingerprint density at radius 3 is 2.55 bits per heavy atom. The number of piperazine rings is 1. The Kier molecular flexibility index (Phi) is 7.34. The maximum absolute atomic E-state index is 15.3. The molecule has 3 aliphatic heterocycles. The summed E-state index contributed by atoms with van der Waals surface area (Å²) >= 11 is 1.99. The number of carbonyl (C=O) groups is 1. The second-order valence-electron chi connectivity index (χ2n) is 12.4. The van der Waals surface area contributed by atoms with Gasteiger partial charge in [0, 0.05) is 64.1 Å². The van der Waals surface area contributed by atoms with E-state index < -0.39 is 28.7 Å². The lowest BCUT2D eigenvalue weighted by molar-refractivity contribution is -0.137. The van der Waals surface area contributed by atoms with E-state index in [0.29, 0.717) is 19.0 Å². The van der Waals surface area contributed by atoms with E-state index in [0.717, 1.165) is 23.5 Å². The standard InChI is InChI=1S/C32H28F4N6O3S2/c1-4-22(43)42-15(2)9-40(10-16(42)3)29-18-7-20(32(34,35)36)24(17-5-6-21(33)26-23(17)19(8-37)28(38)47-26)27-25(18)41(30(44)39-29)11-31(14-46-27)12-45-13-31/h4-7,15-16H,1,9-14,38H2,2-3H3/t15-,16+. The summed E-state index contributed by atoms with van der Waals surface area (Å²) in [6, 6.07) is 4.57. The third kappa shape index (κ3) is 4.79. The van der Waals surface area contributed by atoms with E-state index in [9.17, 15) is 14.9 Å². The lowest BCUT2D eigenvalue weighted by Gasteiger charge is -2.44. The van der Waals surface area contributed by atoms with Crippen molar-refractivity contribution in [2.24, 2.45) is 5.41 Å². The van der Waals surface area contributed by atoms with E-state index in [-0.39, 0.29) is 91.0 Å². The lowest BCUT2D eigenvalue weighted by Crippen LogP contribution is -2.58. The van der Waals surface area contributed by atoms with E-state index in [4.69, 9.17) is 10.5 Å². The van der Waals surface area contributed by atoms with Gasteiger partial charge >= 0.3 is 11.9 Å². The minimum absolute atomic E-state index is 0.000378. The highest BCUT2D eigenvalue weighted by atomic mass is 32.2. The number of rotatable bonds is 3. The van der Waals surface area contributed by atoms with Gasteiger partial charge in [0.2, 0.25) is 5.91 Å². The van der Waals surface area contributed by atoms with Crippen LogP contribution >= 0.6 is 23.1 Å². The van der Waals surface area contributed by atoms with E-state index in [1.165, 1.54) is 28.5 Å². The molecule has 47 heavy (non-hydrogen) atoms. The van der Waals surface area contributed by atoms with Crippen molar-refractivity contribution in [1.29, 1.82) is 5.26 Å². The predicted octanol–water partition coefficient (Wildman–Crippen LogP) is 5.62. The summed E-state index contributed by atoms with van der Waals surface area (Å²) in [4.78, 5) is 34.5. The van der Waals surface area contributed by atoms with Crippen molar-refractivity contribution >= 4 is 60.8 Å². The third-order valence-corrected chi connectivity index (χ3v) is 11.7. The topological polar surface area (TPSA) is 117 Å². The van der Waals surface area contributed by atoms with Crippen molar-refractivity contribution < 1.29 is 27.1 Å². The van der Waals surface area contributed by atoms with Gasteiger partial charge in [0.15, 0.2) is 0 Å². The van der Waals surface area contributed by atoms with Gasteiger partial charge in [0.05, 0.1) is 34.6 Å². The Morgan fingerprint density at radius 2 is 1.96 bits per heavy atom. The number of alkyl halides is 3. The molecule has 0 aliphatic carbocycles. The van der Waals surface area contributed by atoms with Gasteiger partial charge < -0.3 is 20.3 Å². The molecule has 0 bridgehead atoms. The molecule has 0 unspecified atom stereocenters. The zero-order valence-corrected chi connectivity index (χ0v) is 26.9. The highest BCUT2D eigenvalue weighted by Crippen LogP contribution is 2.53. The van der Waals surface area contributed by atoms with Gasteiger partial charge in [0.1, 0.15) is 22.7 Å². The van der Waals surface area contributed by atoms with E-state index in [1.54, 1.807) is 9.80 Å². The van der Waals surface area contributed by atoms with Crippen molar-refractivity contribution in [1.82, 2.24) is 14.5 Å². The van der Waals surface area contributed by atoms with Crippen molar-refractivity contribution in [3.63, 3.8) is 0 Å². The zero-order chi connectivity index (χ0) is 33.6. The van der Waals surface area contributed by atoms with Crippen LogP contribution in [0, 0.1) is 22.6 Å². The summed E-state index contributed by atoms with van der Waals surface area (Å²) in [5.41, 5.74) is 3.84. The number of ether oxygens (including phenoxy) is 1. The van der Waals surface area contributed by atoms with Crippen LogP contribution in [-0.2, 0) is 22.3 Å². The largest absolute Gasteiger partial charge is 0.417 e. The Balaban J connectivity index is 1.57. The van der Waals surface area contributed by atoms with Crippen LogP contribution in [0.2, 0.25) is 0 Å². The smallest absolute Gasteiger partial charge is 0.389 e. The normalized spacial score (nSPS) is 20.7. The minimum Gasteiger partial charge on any atom is -0.389 e. The molecule has 3 aliphatic rings. The van der Waals surface area contributed by atoms with Gasteiger partial charge in [-0.2, -0.15) is 23.4 Å². The number of nitriles is 1. The molecule has 7 rings (SSSR count). The van der Waals surface area contributed by atoms with Crippen LogP contribution in [0.25, 0.3) is 32.1 Å². The number of halogens is 4. The Hall–Kier alpha value is -4.13. The van der Waals surface area contributed by atoms with Gasteiger partial charge in [0.25, 0.3) is 0 Å². The highest BCUT2D eigenvalue weighted by molar-refractivity contribution is 7.99. The molecule has 2 N–H and O–H groups in total. The third-order valence-electron chi connectivity index (χ3n) is 9.18. The van der Waals surface area contributed by atoms with Crippen LogP contribution in [0.4, 0.5) is 28.4 Å². The van der Waals surface area contributed by atoms with Crippen molar-refractivity contribution in [3.8, 4) is 17.2 Å². The predicted molar refractivity (Wildman–Crippen MR) is 173 cm³/mol. The maximum Gasteiger partial charge on any atom is 0.417 e. The van der Waals surface area contributed by atoms with Crippen LogP contribution in [0.1, 0.15) is 25.0 Å². The number of carbonyl (C=O) groups excluding carboxylic acids is 1. The van der Waals surface area contributed by atoms with Crippen molar-refractivity contribution in [2.75, 3.05) is 42.7 Å². The molecule has 2 aromatic heterocycles. The van der Waals surface area contributed by atoms with Gasteiger partial charge in [-0.25, -0.2) is 9.18 Å². The molecule has 4 aromatic rings. The summed E-state index contributed by atoms with van der Waals surface area (Å²) < 4.78 is 67.9. The van der Waals surface area contributed by atoms with Crippen LogP contribution in [0.5, 0.6) is 0 Å². The molecule has 244 valence electrons. The van der Waals surface area contributed by atoms with E-state index >= 15 is 17.6 Å². The molecule has 5 heterocycles. The molecule has 2 aromatic carbocycles. The molecule has 9 nitrogen and oxygen atoms in total. The number of thioether (sulfide) groups is 1. The SMILES string of the molecule is C=CC(=O)N1[C@H](C)CN(c2nc(=O)n3c4c(c(-c5ccc(F)c6sc(N)c(C#N)c56)c(C(F)(F)F)cc24)SCC2(COC2)C3)C[C@@H]1C. The first-order valence-electron chi connectivity index (χ1n) is 14.8. The molecule has 1 amide bonds. The molecular weight excluding hydrogens is 657 g/mol. The first-order valence-corrected chi connectivity index (χ1v) is 16.6. The monoisotopic (exact) mass is 684 g/mol. The average Bonchev–Trinajstić information content (AvgIpc) is 3.22. The summed E-state index contributed by atoms with van der Waals surface area (Å²) in [6.07, 6.45) is -3.67. The lowest BCUT2D eigenvalue weighted by atomic mass is 9.88. The van der Waals surface area contributed by atoms with Crippen LogP contribution < -0.4 is 16.3 Å². The van der Waals surface area contributed by atoms with Gasteiger partial charge in [-0.3, -0.25) is 9.36 Å². The summed E-state index contributed by atoms with van der Waals surface area (Å²) in [7, 11) is 0. The number of benzene rings is 2. The number of aromatic nitrogens is 2. The van der Waals surface area contributed by atoms with E-state index in [2.05, 4.69) is 11.6 Å². The molecule has 2 saturated heterocycles. The second kappa shape index (κ2) is 11.0. The van der Waals surface area contributed by atoms with Gasteiger partial charge in [-0.05, 0) is 37.6 Å². The summed E-state index contributed by atoms with van der Waals surface area (Å²) in [5.74, 6) is -0.533. The number of fused-ring (bicyclic) bond motifs is 1. The summed E-state index contributed by atoms with van der Waals surface area (Å²) in [5, 5.41) is 10.1.